The molecule has 3 rings (SSSR count). The van der Waals surface area contributed by atoms with Crippen LogP contribution in [0.4, 0.5) is 23.9 Å². The molecule has 9 nitrogen and oxygen atoms in total. The summed E-state index contributed by atoms with van der Waals surface area (Å²) in [7, 11) is 0. The highest BCUT2D eigenvalue weighted by molar-refractivity contribution is 5.95. The van der Waals surface area contributed by atoms with Gasteiger partial charge in [-0.25, -0.2) is 14.8 Å². The Labute approximate surface area is 176 Å². The van der Waals surface area contributed by atoms with Gasteiger partial charge in [-0.3, -0.25) is 4.79 Å². The Bertz CT molecular complexity index is 936. The highest BCUT2D eigenvalue weighted by Crippen LogP contribution is 2.28. The first kappa shape index (κ1) is 22.4. The first-order valence-corrected chi connectivity index (χ1v) is 9.61. The summed E-state index contributed by atoms with van der Waals surface area (Å²) in [6.45, 7) is 5.44. The van der Waals surface area contributed by atoms with Crippen molar-refractivity contribution in [1.82, 2.24) is 19.4 Å². The quantitative estimate of drug-likeness (QED) is 0.763. The molecule has 12 heteroatoms. The van der Waals surface area contributed by atoms with E-state index in [2.05, 4.69) is 9.97 Å². The van der Waals surface area contributed by atoms with Crippen molar-refractivity contribution in [2.24, 2.45) is 5.73 Å². The molecule has 0 radical (unpaired) electrons. The second kappa shape index (κ2) is 8.82. The maximum atomic E-state index is 12.9. The van der Waals surface area contributed by atoms with Crippen LogP contribution in [0, 0.1) is 6.92 Å². The van der Waals surface area contributed by atoms with Gasteiger partial charge in [-0.1, -0.05) is 0 Å². The molecule has 0 aromatic carbocycles. The second-order valence-corrected chi connectivity index (χ2v) is 7.26. The van der Waals surface area contributed by atoms with E-state index >= 15 is 0 Å². The Morgan fingerprint density at radius 2 is 1.81 bits per heavy atom. The van der Waals surface area contributed by atoms with Crippen molar-refractivity contribution in [2.45, 2.75) is 32.7 Å². The van der Waals surface area contributed by atoms with Gasteiger partial charge in [-0.05, 0) is 19.9 Å². The molecule has 1 saturated heterocycles. The molecule has 2 aromatic heterocycles. The Hall–Kier alpha value is -3.31. The number of ether oxygens (including phenoxy) is 1. The van der Waals surface area contributed by atoms with Gasteiger partial charge in [-0.2, -0.15) is 13.2 Å². The van der Waals surface area contributed by atoms with Gasteiger partial charge >= 0.3 is 12.3 Å². The smallest absolute Gasteiger partial charge is 0.419 e. The molecule has 31 heavy (non-hydrogen) atoms. The Morgan fingerprint density at radius 3 is 2.35 bits per heavy atom. The average molecular weight is 440 g/mol. The van der Waals surface area contributed by atoms with Crippen LogP contribution >= 0.6 is 0 Å². The van der Waals surface area contributed by atoms with Crippen LogP contribution in [0.1, 0.15) is 28.5 Å². The average Bonchev–Trinajstić information content (AvgIpc) is 3.06. The topological polar surface area (TPSA) is 107 Å². The van der Waals surface area contributed by atoms with Gasteiger partial charge in [-0.15, -0.1) is 0 Å². The van der Waals surface area contributed by atoms with Gasteiger partial charge in [0.15, 0.2) is 0 Å². The number of primary amides is 1. The zero-order chi connectivity index (χ0) is 22.8. The number of hydrogen-bond donors (Lipinski definition) is 1. The molecule has 168 valence electrons. The van der Waals surface area contributed by atoms with E-state index in [0.29, 0.717) is 38.3 Å². The molecule has 1 fully saturated rings. The number of rotatable bonds is 5. The van der Waals surface area contributed by atoms with Gasteiger partial charge in [0.05, 0.1) is 17.7 Å². The lowest BCUT2D eigenvalue weighted by molar-refractivity contribution is -0.138. The number of nitrogens with two attached hydrogens (primary N) is 1. The highest BCUT2D eigenvalue weighted by atomic mass is 19.4. The van der Waals surface area contributed by atoms with E-state index in [0.717, 1.165) is 18.1 Å². The fourth-order valence-corrected chi connectivity index (χ4v) is 3.40. The van der Waals surface area contributed by atoms with E-state index in [1.165, 1.54) is 0 Å². The zero-order valence-electron chi connectivity index (χ0n) is 17.1. The highest BCUT2D eigenvalue weighted by Gasteiger charge is 2.32. The Balaban J connectivity index is 1.60. The van der Waals surface area contributed by atoms with Crippen molar-refractivity contribution in [1.29, 1.82) is 0 Å². The summed E-state index contributed by atoms with van der Waals surface area (Å²) < 4.78 is 44.7. The maximum absolute atomic E-state index is 12.9. The molecule has 1 unspecified atom stereocenters. The number of nitrogens with zero attached hydrogens (tertiary/aromatic N) is 5. The van der Waals surface area contributed by atoms with Gasteiger partial charge in [0.25, 0.3) is 5.91 Å². The summed E-state index contributed by atoms with van der Waals surface area (Å²) in [5, 5.41) is 0. The van der Waals surface area contributed by atoms with Gasteiger partial charge < -0.3 is 24.8 Å². The zero-order valence-corrected chi connectivity index (χ0v) is 17.1. The Kier molecular flexibility index (Phi) is 6.37. The second-order valence-electron chi connectivity index (χ2n) is 7.26. The summed E-state index contributed by atoms with van der Waals surface area (Å²) in [4.78, 5) is 34.8. The van der Waals surface area contributed by atoms with Gasteiger partial charge in [0.2, 0.25) is 5.95 Å². The fourth-order valence-electron chi connectivity index (χ4n) is 3.40. The third kappa shape index (κ3) is 5.25. The van der Waals surface area contributed by atoms with Crippen LogP contribution in [0.15, 0.2) is 24.7 Å². The summed E-state index contributed by atoms with van der Waals surface area (Å²) in [6.07, 6.45) is -2.52. The minimum atomic E-state index is -4.48. The molecule has 0 saturated carbocycles. The molecule has 0 spiro atoms. The van der Waals surface area contributed by atoms with Crippen molar-refractivity contribution in [2.75, 3.05) is 31.1 Å². The molecule has 1 atom stereocenters. The van der Waals surface area contributed by atoms with Crippen LogP contribution < -0.4 is 10.6 Å². The fraction of sp³-hybridized carbons (Fsp3) is 0.474. The molecule has 2 aromatic rings. The molecule has 0 bridgehead atoms. The minimum Gasteiger partial charge on any atom is -0.445 e. The van der Waals surface area contributed by atoms with Crippen molar-refractivity contribution in [3.05, 3.63) is 41.5 Å². The van der Waals surface area contributed by atoms with Gasteiger partial charge in [0.1, 0.15) is 6.10 Å². The first-order chi connectivity index (χ1) is 14.6. The molecule has 2 amide bonds. The van der Waals surface area contributed by atoms with Crippen LogP contribution in [0.25, 0.3) is 0 Å². The number of hydrogen-bond acceptors (Lipinski definition) is 6. The summed E-state index contributed by atoms with van der Waals surface area (Å²) in [6, 6.07) is 1.71. The molecule has 0 aliphatic carbocycles. The summed E-state index contributed by atoms with van der Waals surface area (Å²) in [5.74, 6) is 0.0542. The van der Waals surface area contributed by atoms with E-state index in [1.54, 1.807) is 35.9 Å². The lowest BCUT2D eigenvalue weighted by Crippen LogP contribution is -2.49. The number of aromatic nitrogens is 3. The number of amides is 2. The largest absolute Gasteiger partial charge is 0.445 e. The normalized spacial score (nSPS) is 15.6. The molecule has 2 N–H and O–H groups in total. The predicted octanol–water partition coefficient (Wildman–Crippen LogP) is 2.05. The van der Waals surface area contributed by atoms with E-state index in [4.69, 9.17) is 10.5 Å². The molecule has 1 aliphatic heterocycles. The van der Waals surface area contributed by atoms with Crippen molar-refractivity contribution in [3.8, 4) is 0 Å². The summed E-state index contributed by atoms with van der Waals surface area (Å²) in [5.41, 5.74) is 5.39. The molecule has 3 heterocycles. The lowest BCUT2D eigenvalue weighted by Gasteiger charge is -2.34. The van der Waals surface area contributed by atoms with E-state index < -0.39 is 23.9 Å². The lowest BCUT2D eigenvalue weighted by atomic mass is 10.2. The number of halogens is 3. The third-order valence-electron chi connectivity index (χ3n) is 5.06. The van der Waals surface area contributed by atoms with E-state index in [9.17, 15) is 22.8 Å². The van der Waals surface area contributed by atoms with Gasteiger partial charge in [0, 0.05) is 50.5 Å². The number of anilines is 1. The van der Waals surface area contributed by atoms with Crippen LogP contribution in [-0.4, -0.2) is 63.7 Å². The number of alkyl halides is 3. The molecular weight excluding hydrogens is 417 g/mol. The van der Waals surface area contributed by atoms with Crippen LogP contribution in [0.3, 0.4) is 0 Å². The SMILES string of the molecule is Cc1c(C(=O)N2CCN(c3ncc(C(F)(F)F)cn3)CC2)ccn1CC(C)OC(N)=O. The van der Waals surface area contributed by atoms with Crippen molar-refractivity contribution >= 4 is 17.9 Å². The third-order valence-corrected chi connectivity index (χ3v) is 5.06. The maximum Gasteiger partial charge on any atom is 0.419 e. The van der Waals surface area contributed by atoms with Crippen LogP contribution in [0.5, 0.6) is 0 Å². The van der Waals surface area contributed by atoms with Crippen LogP contribution in [0.2, 0.25) is 0 Å². The number of piperazine rings is 1. The Morgan fingerprint density at radius 1 is 1.19 bits per heavy atom. The summed E-state index contributed by atoms with van der Waals surface area (Å²) >= 11 is 0. The van der Waals surface area contributed by atoms with Crippen molar-refractivity contribution < 1.29 is 27.5 Å². The number of carbonyl (C=O) groups is 2. The first-order valence-electron chi connectivity index (χ1n) is 9.61. The van der Waals surface area contributed by atoms with E-state index in [-0.39, 0.29) is 11.9 Å². The monoisotopic (exact) mass is 440 g/mol. The molecule has 1 aliphatic rings. The van der Waals surface area contributed by atoms with Crippen LogP contribution in [-0.2, 0) is 17.5 Å². The standard InChI is InChI=1S/C19H23F3N6O3/c1-12(31-17(23)30)11-28-4-3-15(13(28)2)16(29)26-5-7-27(8-6-26)18-24-9-14(10-25-18)19(20,21)22/h3-4,9-10,12H,5-8,11H2,1-2H3,(H2,23,30). The minimum absolute atomic E-state index is 0.146. The predicted molar refractivity (Wildman–Crippen MR) is 104 cm³/mol. The molecular formula is C19H23F3N6O3. The van der Waals surface area contributed by atoms with E-state index in [1.807, 2.05) is 4.57 Å². The van der Waals surface area contributed by atoms with Crippen molar-refractivity contribution in [3.63, 3.8) is 0 Å². The number of carbonyl (C=O) groups excluding carboxylic acids is 2.